The molecule has 0 unspecified atom stereocenters. The van der Waals surface area contributed by atoms with Crippen molar-refractivity contribution in [2.45, 2.75) is 73.2 Å². The predicted octanol–water partition coefficient (Wildman–Crippen LogP) is 6.76. The molecule has 0 aliphatic heterocycles. The minimum atomic E-state index is -2.63. The van der Waals surface area contributed by atoms with Gasteiger partial charge in [0.15, 0.2) is 16.6 Å². The van der Waals surface area contributed by atoms with E-state index in [1.807, 2.05) is 0 Å². The Balaban J connectivity index is 2.95. The number of ether oxygens (including phenoxy) is 1. The van der Waals surface area contributed by atoms with Crippen LogP contribution in [0.15, 0.2) is 35.7 Å². The third kappa shape index (κ3) is 8.74. The quantitative estimate of drug-likeness (QED) is 0.325. The molecule has 0 saturated carbocycles. The summed E-state index contributed by atoms with van der Waals surface area (Å²) < 4.78 is 19.1. The van der Waals surface area contributed by atoms with Crippen molar-refractivity contribution in [1.82, 2.24) is 0 Å². The molecule has 0 saturated heterocycles. The molecule has 0 aromatic heterocycles. The first-order chi connectivity index (χ1) is 12.1. The summed E-state index contributed by atoms with van der Waals surface area (Å²) in [6.45, 7) is 26.3. The molecule has 0 heterocycles. The first-order valence-electron chi connectivity index (χ1n) is 9.58. The lowest BCUT2D eigenvalue weighted by molar-refractivity contribution is 0.198. The molecule has 27 heavy (non-hydrogen) atoms. The lowest BCUT2D eigenvalue weighted by atomic mass is 10.0. The van der Waals surface area contributed by atoms with E-state index in [1.54, 1.807) is 0 Å². The molecule has 0 aliphatic rings. The van der Waals surface area contributed by atoms with Crippen LogP contribution in [0.25, 0.3) is 6.08 Å². The van der Waals surface area contributed by atoms with E-state index in [4.69, 9.17) is 13.0 Å². The van der Waals surface area contributed by atoms with Crippen LogP contribution < -0.4 is 0 Å². The summed E-state index contributed by atoms with van der Waals surface area (Å²) in [5.74, 6) is 0. The van der Waals surface area contributed by atoms with Gasteiger partial charge >= 0.3 is 8.56 Å². The van der Waals surface area contributed by atoms with Crippen LogP contribution in [0.1, 0.15) is 30.5 Å². The van der Waals surface area contributed by atoms with E-state index in [1.165, 1.54) is 22.3 Å². The van der Waals surface area contributed by atoms with Crippen molar-refractivity contribution >= 4 is 31.3 Å². The Morgan fingerprint density at radius 2 is 1.48 bits per heavy atom. The van der Waals surface area contributed by atoms with Gasteiger partial charge in [-0.15, -0.1) is 0 Å². The molecule has 0 bridgehead atoms. The van der Waals surface area contributed by atoms with E-state index in [0.29, 0.717) is 12.0 Å². The Morgan fingerprint density at radius 1 is 0.963 bits per heavy atom. The predicted molar refractivity (Wildman–Crippen MR) is 125 cm³/mol. The Kier molecular flexibility index (Phi) is 8.08. The maximum Gasteiger partial charge on any atom is 0.384 e. The fourth-order valence-electron chi connectivity index (χ4n) is 2.90. The summed E-state index contributed by atoms with van der Waals surface area (Å²) in [5, 5.41) is 0.681. The largest absolute Gasteiger partial charge is 0.493 e. The van der Waals surface area contributed by atoms with Crippen molar-refractivity contribution < 1.29 is 13.0 Å². The lowest BCUT2D eigenvalue weighted by Crippen LogP contribution is -2.54. The molecule has 0 aliphatic carbocycles. The van der Waals surface area contributed by atoms with Crippen LogP contribution >= 0.6 is 0 Å². The highest BCUT2D eigenvalue weighted by Gasteiger charge is 2.44. The molecule has 6 heteroatoms. The average Bonchev–Trinajstić information content (AvgIpc) is 2.41. The maximum atomic E-state index is 6.50. The minimum Gasteiger partial charge on any atom is -0.493 e. The molecule has 3 nitrogen and oxygen atoms in total. The highest BCUT2D eigenvalue weighted by Crippen LogP contribution is 2.28. The first kappa shape index (κ1) is 24.1. The van der Waals surface area contributed by atoms with Gasteiger partial charge in [-0.2, -0.15) is 0 Å². The van der Waals surface area contributed by atoms with E-state index < -0.39 is 25.2 Å². The van der Waals surface area contributed by atoms with Gasteiger partial charge in [-0.1, -0.05) is 36.4 Å². The van der Waals surface area contributed by atoms with E-state index in [0.717, 1.165) is 0 Å². The number of allylic oxidation sites excluding steroid dienone is 1. The highest BCUT2D eigenvalue weighted by molar-refractivity contribution is 6.90. The van der Waals surface area contributed by atoms with Gasteiger partial charge in [0, 0.05) is 0 Å². The Hall–Kier alpha value is -0.929. The SMILES string of the molecule is C=C(OCc1ccc(C=C(C)C)cc1C)[Si](C)(O[Si](C)(C)C)O[Si](C)(C)C. The van der Waals surface area contributed by atoms with Gasteiger partial charge < -0.3 is 13.0 Å². The third-order valence-corrected chi connectivity index (χ3v) is 12.9. The highest BCUT2D eigenvalue weighted by atomic mass is 28.5. The zero-order chi connectivity index (χ0) is 21.0. The number of rotatable bonds is 9. The van der Waals surface area contributed by atoms with Crippen molar-refractivity contribution in [3.63, 3.8) is 0 Å². The lowest BCUT2D eigenvalue weighted by Gasteiger charge is -2.38. The van der Waals surface area contributed by atoms with Gasteiger partial charge in [-0.3, -0.25) is 0 Å². The molecule has 0 atom stereocenters. The summed E-state index contributed by atoms with van der Waals surface area (Å²) in [6, 6.07) is 6.46. The van der Waals surface area contributed by atoms with E-state index in [9.17, 15) is 0 Å². The second-order valence-electron chi connectivity index (χ2n) is 9.49. The van der Waals surface area contributed by atoms with Crippen LogP contribution in [0, 0.1) is 6.92 Å². The van der Waals surface area contributed by atoms with Gasteiger partial charge in [-0.05, 0) is 83.3 Å². The Bertz CT molecular complexity index is 678. The smallest absolute Gasteiger partial charge is 0.384 e. The summed E-state index contributed by atoms with van der Waals surface area (Å²) in [7, 11) is -6.20. The molecule has 152 valence electrons. The summed E-state index contributed by atoms with van der Waals surface area (Å²) in [5.41, 5.74) is 4.90. The number of hydrogen-bond donors (Lipinski definition) is 0. The monoisotopic (exact) mass is 422 g/mol. The number of hydrogen-bond acceptors (Lipinski definition) is 3. The van der Waals surface area contributed by atoms with Crippen molar-refractivity contribution in [3.8, 4) is 0 Å². The number of benzene rings is 1. The average molecular weight is 423 g/mol. The van der Waals surface area contributed by atoms with Crippen molar-refractivity contribution in [2.75, 3.05) is 0 Å². The molecular formula is C21H38O3Si3. The fourth-order valence-corrected chi connectivity index (χ4v) is 14.0. The van der Waals surface area contributed by atoms with Crippen LogP contribution in [-0.4, -0.2) is 25.2 Å². The van der Waals surface area contributed by atoms with Gasteiger partial charge in [0.25, 0.3) is 0 Å². The Morgan fingerprint density at radius 3 is 1.89 bits per heavy atom. The second kappa shape index (κ2) is 9.05. The van der Waals surface area contributed by atoms with E-state index in [-0.39, 0.29) is 0 Å². The van der Waals surface area contributed by atoms with Crippen LogP contribution in [0.3, 0.4) is 0 Å². The minimum absolute atomic E-state index is 0.493. The van der Waals surface area contributed by atoms with Crippen molar-refractivity contribution in [2.24, 2.45) is 0 Å². The van der Waals surface area contributed by atoms with E-state index >= 15 is 0 Å². The summed E-state index contributed by atoms with van der Waals surface area (Å²) in [4.78, 5) is 0. The third-order valence-electron chi connectivity index (χ3n) is 3.73. The second-order valence-corrected chi connectivity index (χ2v) is 22.0. The van der Waals surface area contributed by atoms with Crippen LogP contribution in [-0.2, 0) is 19.6 Å². The van der Waals surface area contributed by atoms with Gasteiger partial charge in [0.2, 0.25) is 0 Å². The first-order valence-corrected chi connectivity index (χ1v) is 18.7. The fraction of sp³-hybridized carbons (Fsp3) is 0.524. The summed E-state index contributed by atoms with van der Waals surface area (Å²) >= 11 is 0. The molecule has 0 spiro atoms. The zero-order valence-electron chi connectivity index (χ0n) is 18.9. The Labute approximate surface area is 170 Å². The molecule has 0 amide bonds. The van der Waals surface area contributed by atoms with Gasteiger partial charge in [-0.25, -0.2) is 0 Å². The summed E-state index contributed by atoms with van der Waals surface area (Å²) in [6.07, 6.45) is 2.18. The van der Waals surface area contributed by atoms with Gasteiger partial charge in [0.05, 0.1) is 0 Å². The maximum absolute atomic E-state index is 6.50. The van der Waals surface area contributed by atoms with Crippen LogP contribution in [0.2, 0.25) is 45.8 Å². The standard InChI is InChI=1S/C21H38O3Si3/c1-17(2)14-20-12-13-21(18(3)15-20)16-22-19(4)27(11,23-25(5,6)7)24-26(8,9)10/h12-15H,4,16H2,1-3,5-11H3. The van der Waals surface area contributed by atoms with Crippen LogP contribution in [0.5, 0.6) is 0 Å². The van der Waals surface area contributed by atoms with Gasteiger partial charge in [0.1, 0.15) is 12.0 Å². The normalized spacial score (nSPS) is 12.7. The van der Waals surface area contributed by atoms with Crippen LogP contribution in [0.4, 0.5) is 0 Å². The zero-order valence-corrected chi connectivity index (χ0v) is 21.9. The molecule has 0 N–H and O–H groups in total. The number of aryl methyl sites for hydroxylation is 1. The molecule has 0 fully saturated rings. The van der Waals surface area contributed by atoms with E-state index in [2.05, 4.69) is 97.5 Å². The molecular weight excluding hydrogens is 384 g/mol. The molecule has 1 rings (SSSR count). The topological polar surface area (TPSA) is 27.7 Å². The van der Waals surface area contributed by atoms with Crippen molar-refractivity contribution in [1.29, 1.82) is 0 Å². The van der Waals surface area contributed by atoms with Crippen molar-refractivity contribution in [3.05, 3.63) is 52.4 Å². The molecule has 1 aromatic rings. The molecule has 1 aromatic carbocycles. The molecule has 0 radical (unpaired) electrons.